The van der Waals surface area contributed by atoms with Crippen LogP contribution in [0.15, 0.2) is 0 Å². The van der Waals surface area contributed by atoms with Crippen molar-refractivity contribution < 1.29 is 0 Å². The molecule has 0 amide bonds. The second kappa shape index (κ2) is 11.5. The maximum absolute atomic E-state index is 4.01. The molecule has 0 unspecified atom stereocenters. The monoisotopic (exact) mass is 194 g/mol. The first kappa shape index (κ1) is 12.5. The van der Waals surface area contributed by atoms with Crippen molar-refractivity contribution in [1.82, 2.24) is 0 Å². The molecule has 0 spiro atoms. The highest BCUT2D eigenvalue weighted by molar-refractivity contribution is 7.80. The third-order valence-corrected chi connectivity index (χ3v) is 1.89. The van der Waals surface area contributed by atoms with E-state index in [1.807, 2.05) is 6.92 Å². The highest BCUT2D eigenvalue weighted by Crippen LogP contribution is 2.03. The van der Waals surface area contributed by atoms with Gasteiger partial charge in [0.05, 0.1) is 5.75 Å². The van der Waals surface area contributed by atoms with Gasteiger partial charge in [-0.25, -0.2) is 0 Å². The zero-order valence-corrected chi connectivity index (χ0v) is 9.29. The lowest BCUT2D eigenvalue weighted by Gasteiger charge is -1.94. The summed E-state index contributed by atoms with van der Waals surface area (Å²) < 4.78 is 0. The van der Waals surface area contributed by atoms with E-state index in [9.17, 15) is 0 Å². The number of hydrogen-bond acceptors (Lipinski definition) is 1. The van der Waals surface area contributed by atoms with Crippen LogP contribution in [0.2, 0.25) is 0 Å². The fourth-order valence-corrected chi connectivity index (χ4v) is 1.16. The molecule has 13 heavy (non-hydrogen) atoms. The molecule has 0 heterocycles. The fourth-order valence-electron chi connectivity index (χ4n) is 1.05. The van der Waals surface area contributed by atoms with Crippen molar-refractivity contribution >= 4 is 12.6 Å². The molecule has 0 saturated carbocycles. The van der Waals surface area contributed by atoms with E-state index in [0.717, 1.165) is 12.8 Å². The highest BCUT2D eigenvalue weighted by Gasteiger charge is 1.86. The van der Waals surface area contributed by atoms with Crippen LogP contribution in [0.3, 0.4) is 0 Å². The summed E-state index contributed by atoms with van der Waals surface area (Å²) in [6.07, 6.45) is 7.11. The van der Waals surface area contributed by atoms with Crippen LogP contribution in [0.25, 0.3) is 0 Å². The van der Waals surface area contributed by atoms with E-state index in [4.69, 9.17) is 0 Å². The maximum atomic E-state index is 4.01. The molecule has 0 aromatic carbocycles. The molecule has 0 rings (SSSR count). The maximum Gasteiger partial charge on any atom is 0.0517 e. The number of thiol groups is 1. The molecule has 0 aliphatic rings. The van der Waals surface area contributed by atoms with E-state index in [1.165, 1.54) is 25.7 Å². The minimum absolute atomic E-state index is 0.687. The summed E-state index contributed by atoms with van der Waals surface area (Å²) in [6.45, 7) is 1.90. The largest absolute Gasteiger partial charge is 0.166 e. The smallest absolute Gasteiger partial charge is 0.0517 e. The van der Waals surface area contributed by atoms with Gasteiger partial charge in [-0.2, -0.15) is 12.6 Å². The van der Waals surface area contributed by atoms with E-state index < -0.39 is 0 Å². The molecule has 0 nitrogen and oxygen atoms in total. The standard InChI is InChI=1S/C12H18S/c1-2-3-4-5-6-7-8-9-10-11-12-13/h13H,4-9,12H2,1H3. The molecule has 72 valence electrons. The van der Waals surface area contributed by atoms with Crippen molar-refractivity contribution in [2.24, 2.45) is 0 Å². The van der Waals surface area contributed by atoms with Gasteiger partial charge in [0.1, 0.15) is 0 Å². The van der Waals surface area contributed by atoms with Crippen LogP contribution in [-0.4, -0.2) is 5.75 Å². The van der Waals surface area contributed by atoms with Crippen LogP contribution >= 0.6 is 12.6 Å². The lowest BCUT2D eigenvalue weighted by atomic mass is 10.1. The van der Waals surface area contributed by atoms with Crippen LogP contribution in [0.1, 0.15) is 45.4 Å². The zero-order valence-electron chi connectivity index (χ0n) is 8.40. The van der Waals surface area contributed by atoms with Crippen molar-refractivity contribution in [3.05, 3.63) is 0 Å². The van der Waals surface area contributed by atoms with E-state index in [2.05, 4.69) is 36.3 Å². The van der Waals surface area contributed by atoms with Crippen LogP contribution in [-0.2, 0) is 0 Å². The number of rotatable bonds is 5. The van der Waals surface area contributed by atoms with Crippen molar-refractivity contribution in [2.45, 2.75) is 45.4 Å². The SMILES string of the molecule is CC#CCCCCCCC#CCS. The Balaban J connectivity index is 3.02. The fraction of sp³-hybridized carbons (Fsp3) is 0.667. The molecule has 0 atom stereocenters. The van der Waals surface area contributed by atoms with Gasteiger partial charge in [-0.3, -0.25) is 0 Å². The Bertz CT molecular complexity index is 209. The normalized spacial score (nSPS) is 8.15. The first-order valence-electron chi connectivity index (χ1n) is 4.88. The Morgan fingerprint density at radius 1 is 0.846 bits per heavy atom. The minimum Gasteiger partial charge on any atom is -0.166 e. The predicted molar refractivity (Wildman–Crippen MR) is 62.8 cm³/mol. The van der Waals surface area contributed by atoms with Crippen LogP contribution < -0.4 is 0 Å². The second-order valence-electron chi connectivity index (χ2n) is 2.85. The third-order valence-electron chi connectivity index (χ3n) is 1.73. The molecule has 0 aliphatic heterocycles. The second-order valence-corrected chi connectivity index (χ2v) is 3.17. The van der Waals surface area contributed by atoms with Gasteiger partial charge in [-0.05, 0) is 19.8 Å². The molecule has 0 aromatic rings. The molecule has 0 fully saturated rings. The van der Waals surface area contributed by atoms with E-state index in [1.54, 1.807) is 0 Å². The molecular formula is C12H18S. The van der Waals surface area contributed by atoms with Crippen molar-refractivity contribution in [3.8, 4) is 23.7 Å². The van der Waals surface area contributed by atoms with Crippen molar-refractivity contribution in [2.75, 3.05) is 5.75 Å². The van der Waals surface area contributed by atoms with Gasteiger partial charge >= 0.3 is 0 Å². The summed E-state index contributed by atoms with van der Waals surface area (Å²) in [4.78, 5) is 0. The van der Waals surface area contributed by atoms with Gasteiger partial charge in [0.15, 0.2) is 0 Å². The van der Waals surface area contributed by atoms with E-state index in [-0.39, 0.29) is 0 Å². The Labute approximate surface area is 87.9 Å². The first-order valence-corrected chi connectivity index (χ1v) is 5.51. The summed E-state index contributed by atoms with van der Waals surface area (Å²) in [5.74, 6) is 12.7. The third kappa shape index (κ3) is 11.5. The Morgan fingerprint density at radius 2 is 1.46 bits per heavy atom. The summed E-state index contributed by atoms with van der Waals surface area (Å²) in [7, 11) is 0. The summed E-state index contributed by atoms with van der Waals surface area (Å²) in [6, 6.07) is 0. The zero-order chi connectivity index (χ0) is 9.78. The average molecular weight is 194 g/mol. The molecule has 0 aromatic heterocycles. The lowest BCUT2D eigenvalue weighted by molar-refractivity contribution is 0.661. The van der Waals surface area contributed by atoms with Crippen LogP contribution in [0, 0.1) is 23.7 Å². The molecule has 0 saturated heterocycles. The van der Waals surface area contributed by atoms with Gasteiger partial charge in [0.25, 0.3) is 0 Å². The van der Waals surface area contributed by atoms with Gasteiger partial charge in [0, 0.05) is 12.8 Å². The summed E-state index contributed by atoms with van der Waals surface area (Å²) in [5, 5.41) is 0. The van der Waals surface area contributed by atoms with Gasteiger partial charge in [-0.15, -0.1) is 17.8 Å². The number of unbranched alkanes of at least 4 members (excludes halogenated alkanes) is 5. The topological polar surface area (TPSA) is 0 Å². The summed E-state index contributed by atoms with van der Waals surface area (Å²) >= 11 is 4.01. The molecule has 0 N–H and O–H groups in total. The van der Waals surface area contributed by atoms with Crippen LogP contribution in [0.4, 0.5) is 0 Å². The number of hydrogen-bond donors (Lipinski definition) is 1. The first-order chi connectivity index (χ1) is 6.41. The highest BCUT2D eigenvalue weighted by atomic mass is 32.1. The van der Waals surface area contributed by atoms with E-state index >= 15 is 0 Å². The van der Waals surface area contributed by atoms with Crippen LogP contribution in [0.5, 0.6) is 0 Å². The predicted octanol–water partition coefficient (Wildman–Crippen LogP) is 3.28. The van der Waals surface area contributed by atoms with Gasteiger partial charge < -0.3 is 0 Å². The van der Waals surface area contributed by atoms with Gasteiger partial charge in [0.2, 0.25) is 0 Å². The Morgan fingerprint density at radius 3 is 2.00 bits per heavy atom. The minimum atomic E-state index is 0.687. The average Bonchev–Trinajstić information content (AvgIpc) is 2.16. The Kier molecular flexibility index (Phi) is 11.0. The Hall–Kier alpha value is -0.530. The molecule has 1 heteroatoms. The van der Waals surface area contributed by atoms with Gasteiger partial charge in [-0.1, -0.05) is 18.8 Å². The lowest BCUT2D eigenvalue weighted by Crippen LogP contribution is -1.77. The molecule has 0 radical (unpaired) electrons. The quantitative estimate of drug-likeness (QED) is 0.387. The van der Waals surface area contributed by atoms with E-state index in [0.29, 0.717) is 5.75 Å². The molecule has 0 aliphatic carbocycles. The van der Waals surface area contributed by atoms with Crippen molar-refractivity contribution in [3.63, 3.8) is 0 Å². The molecule has 0 bridgehead atoms. The molecular weight excluding hydrogens is 176 g/mol. The van der Waals surface area contributed by atoms with Crippen molar-refractivity contribution in [1.29, 1.82) is 0 Å². The summed E-state index contributed by atoms with van der Waals surface area (Å²) in [5.41, 5.74) is 0.